The highest BCUT2D eigenvalue weighted by molar-refractivity contribution is 5.65. The predicted molar refractivity (Wildman–Crippen MR) is 149 cm³/mol. The van der Waals surface area contributed by atoms with Crippen molar-refractivity contribution in [3.05, 3.63) is 94.8 Å². The van der Waals surface area contributed by atoms with Crippen LogP contribution in [-0.2, 0) is 19.3 Å². The van der Waals surface area contributed by atoms with E-state index in [-0.39, 0.29) is 5.82 Å². The Hall–Kier alpha value is -2.41. The van der Waals surface area contributed by atoms with Crippen molar-refractivity contribution >= 4 is 0 Å². The van der Waals surface area contributed by atoms with Crippen molar-refractivity contribution in [3.63, 3.8) is 0 Å². The van der Waals surface area contributed by atoms with Gasteiger partial charge in [0.2, 0.25) is 0 Å². The fraction of sp³-hybridized carbons (Fsp3) is 0.471. The van der Waals surface area contributed by atoms with Gasteiger partial charge in [0.1, 0.15) is 5.82 Å². The Morgan fingerprint density at radius 2 is 1.26 bits per heavy atom. The average molecular weight is 471 g/mol. The van der Waals surface area contributed by atoms with E-state index < -0.39 is 0 Å². The third-order valence-electron chi connectivity index (χ3n) is 8.06. The van der Waals surface area contributed by atoms with E-state index in [0.717, 1.165) is 36.3 Å². The summed E-state index contributed by atoms with van der Waals surface area (Å²) in [6, 6.07) is 23.5. The highest BCUT2D eigenvalue weighted by Crippen LogP contribution is 2.39. The van der Waals surface area contributed by atoms with Crippen LogP contribution in [0.3, 0.4) is 0 Å². The van der Waals surface area contributed by atoms with E-state index in [9.17, 15) is 0 Å². The number of aryl methyl sites for hydroxylation is 3. The second kappa shape index (κ2) is 13.1. The largest absolute Gasteiger partial charge is 0.206 e. The third-order valence-corrected chi connectivity index (χ3v) is 8.06. The summed E-state index contributed by atoms with van der Waals surface area (Å²) >= 11 is 0. The monoisotopic (exact) mass is 470 g/mol. The zero-order valence-corrected chi connectivity index (χ0v) is 21.9. The van der Waals surface area contributed by atoms with E-state index in [0.29, 0.717) is 5.92 Å². The van der Waals surface area contributed by atoms with Gasteiger partial charge in [0.15, 0.2) is 0 Å². The van der Waals surface area contributed by atoms with Crippen LogP contribution in [0.15, 0.2) is 66.7 Å². The van der Waals surface area contributed by atoms with Crippen molar-refractivity contribution < 1.29 is 4.39 Å². The molecular formula is C34H43F. The minimum Gasteiger partial charge on any atom is -0.206 e. The molecule has 4 rings (SSSR count). The van der Waals surface area contributed by atoms with E-state index >= 15 is 4.39 Å². The minimum atomic E-state index is -0.0764. The lowest BCUT2D eigenvalue weighted by molar-refractivity contribution is 0.302. The third kappa shape index (κ3) is 7.29. The standard InChI is InChI=1S/C34H43F/c1-3-5-6-8-27-15-19-30(20-16-27)32-23-24-33(34(35)25-32)31-21-17-29(18-22-31)14-13-28-11-9-26(7-4-2)10-12-28/h9-12,17-18,21-25,27,30H,3-8,13-16,19-20H2,1-2H3. The molecule has 3 aromatic rings. The van der Waals surface area contributed by atoms with Gasteiger partial charge in [-0.15, -0.1) is 0 Å². The van der Waals surface area contributed by atoms with Crippen molar-refractivity contribution in [2.75, 3.05) is 0 Å². The van der Waals surface area contributed by atoms with Gasteiger partial charge in [0, 0.05) is 5.56 Å². The highest BCUT2D eigenvalue weighted by atomic mass is 19.1. The van der Waals surface area contributed by atoms with Crippen molar-refractivity contribution in [3.8, 4) is 11.1 Å². The molecule has 35 heavy (non-hydrogen) atoms. The molecule has 1 aliphatic carbocycles. The molecule has 0 aliphatic heterocycles. The molecule has 1 heteroatoms. The Balaban J connectivity index is 1.31. The maximum atomic E-state index is 15.1. The van der Waals surface area contributed by atoms with Gasteiger partial charge in [-0.05, 0) is 90.7 Å². The summed E-state index contributed by atoms with van der Waals surface area (Å²) in [6.07, 6.45) is 14.9. The van der Waals surface area contributed by atoms with Gasteiger partial charge in [0.05, 0.1) is 0 Å². The summed E-state index contributed by atoms with van der Waals surface area (Å²) in [5.41, 5.74) is 7.00. The van der Waals surface area contributed by atoms with Crippen LogP contribution in [0.1, 0.15) is 99.8 Å². The van der Waals surface area contributed by atoms with Gasteiger partial charge in [0.25, 0.3) is 0 Å². The number of hydrogen-bond donors (Lipinski definition) is 0. The summed E-state index contributed by atoms with van der Waals surface area (Å²) in [7, 11) is 0. The van der Waals surface area contributed by atoms with Gasteiger partial charge in [-0.3, -0.25) is 0 Å². The van der Waals surface area contributed by atoms with Gasteiger partial charge >= 0.3 is 0 Å². The van der Waals surface area contributed by atoms with Crippen molar-refractivity contribution in [2.24, 2.45) is 5.92 Å². The van der Waals surface area contributed by atoms with Crippen LogP contribution >= 0.6 is 0 Å². The van der Waals surface area contributed by atoms with Gasteiger partial charge in [-0.2, -0.15) is 0 Å². The fourth-order valence-corrected chi connectivity index (χ4v) is 5.79. The van der Waals surface area contributed by atoms with Crippen molar-refractivity contribution in [2.45, 2.75) is 96.8 Å². The summed E-state index contributed by atoms with van der Waals surface area (Å²) in [5, 5.41) is 0. The second-order valence-electron chi connectivity index (χ2n) is 10.7. The Bertz CT molecular complexity index is 1020. The van der Waals surface area contributed by atoms with Gasteiger partial charge < -0.3 is 0 Å². The first-order valence-corrected chi connectivity index (χ1v) is 14.1. The minimum absolute atomic E-state index is 0.0764. The molecular weight excluding hydrogens is 427 g/mol. The van der Waals surface area contributed by atoms with Crippen LogP contribution < -0.4 is 0 Å². The maximum absolute atomic E-state index is 15.1. The maximum Gasteiger partial charge on any atom is 0.131 e. The normalized spacial score (nSPS) is 18.0. The Labute approximate surface area is 213 Å². The smallest absolute Gasteiger partial charge is 0.131 e. The topological polar surface area (TPSA) is 0 Å². The van der Waals surface area contributed by atoms with E-state index in [1.165, 1.54) is 80.0 Å². The van der Waals surface area contributed by atoms with Crippen LogP contribution in [0.2, 0.25) is 0 Å². The number of rotatable bonds is 11. The van der Waals surface area contributed by atoms with E-state index in [1.807, 2.05) is 12.1 Å². The predicted octanol–water partition coefficient (Wildman–Crippen LogP) is 10.1. The van der Waals surface area contributed by atoms with Crippen LogP contribution in [0.4, 0.5) is 4.39 Å². The molecule has 1 saturated carbocycles. The zero-order valence-electron chi connectivity index (χ0n) is 21.9. The second-order valence-corrected chi connectivity index (χ2v) is 10.7. The van der Waals surface area contributed by atoms with E-state index in [4.69, 9.17) is 0 Å². The van der Waals surface area contributed by atoms with Crippen LogP contribution in [0.5, 0.6) is 0 Å². The summed E-state index contributed by atoms with van der Waals surface area (Å²) in [6.45, 7) is 4.50. The van der Waals surface area contributed by atoms with Crippen LogP contribution in [0, 0.1) is 11.7 Å². The number of hydrogen-bond acceptors (Lipinski definition) is 0. The highest BCUT2D eigenvalue weighted by Gasteiger charge is 2.23. The van der Waals surface area contributed by atoms with Gasteiger partial charge in [-0.1, -0.05) is 107 Å². The first kappa shape index (κ1) is 25.7. The first-order chi connectivity index (χ1) is 17.2. The number of halogens is 1. The van der Waals surface area contributed by atoms with Crippen LogP contribution in [0.25, 0.3) is 11.1 Å². The zero-order chi connectivity index (χ0) is 24.5. The van der Waals surface area contributed by atoms with E-state index in [1.54, 1.807) is 0 Å². The summed E-state index contributed by atoms with van der Waals surface area (Å²) in [4.78, 5) is 0. The van der Waals surface area contributed by atoms with Crippen molar-refractivity contribution in [1.29, 1.82) is 0 Å². The quantitative estimate of drug-likeness (QED) is 0.245. The lowest BCUT2D eigenvalue weighted by atomic mass is 9.77. The van der Waals surface area contributed by atoms with Gasteiger partial charge in [-0.25, -0.2) is 4.39 Å². The molecule has 1 aliphatic rings. The summed E-state index contributed by atoms with van der Waals surface area (Å²) in [5.74, 6) is 1.34. The molecule has 0 atom stereocenters. The molecule has 0 saturated heterocycles. The number of unbranched alkanes of at least 4 members (excludes halogenated alkanes) is 2. The Kier molecular flexibility index (Phi) is 9.57. The van der Waals surface area contributed by atoms with Crippen LogP contribution in [-0.4, -0.2) is 0 Å². The first-order valence-electron chi connectivity index (χ1n) is 14.1. The average Bonchev–Trinajstić information content (AvgIpc) is 2.89. The fourth-order valence-electron chi connectivity index (χ4n) is 5.79. The molecule has 0 amide bonds. The number of benzene rings is 3. The molecule has 0 heterocycles. The molecule has 3 aromatic carbocycles. The molecule has 0 unspecified atom stereocenters. The molecule has 0 spiro atoms. The van der Waals surface area contributed by atoms with E-state index in [2.05, 4.69) is 68.4 Å². The molecule has 0 aromatic heterocycles. The lowest BCUT2D eigenvalue weighted by Gasteiger charge is -2.29. The molecule has 0 N–H and O–H groups in total. The molecule has 0 radical (unpaired) electrons. The molecule has 1 fully saturated rings. The molecule has 0 nitrogen and oxygen atoms in total. The SMILES string of the molecule is CCCCCC1CCC(c2ccc(-c3ccc(CCc4ccc(CCC)cc4)cc3)c(F)c2)CC1. The lowest BCUT2D eigenvalue weighted by Crippen LogP contribution is -2.13. The molecule has 186 valence electrons. The summed E-state index contributed by atoms with van der Waals surface area (Å²) < 4.78 is 15.1. The Morgan fingerprint density at radius 1 is 0.657 bits per heavy atom. The Morgan fingerprint density at radius 3 is 1.83 bits per heavy atom. The van der Waals surface area contributed by atoms with Crippen molar-refractivity contribution in [1.82, 2.24) is 0 Å². The molecule has 0 bridgehead atoms.